The summed E-state index contributed by atoms with van der Waals surface area (Å²) in [6.45, 7) is 5.72. The lowest BCUT2D eigenvalue weighted by Crippen LogP contribution is -2.52. The number of benzene rings is 2. The third-order valence-electron chi connectivity index (χ3n) is 6.35. The van der Waals surface area contributed by atoms with Gasteiger partial charge in [0.15, 0.2) is 0 Å². The third-order valence-corrected chi connectivity index (χ3v) is 9.28. The number of nitrogens with zero attached hydrogens (tertiary/aromatic N) is 1. The molecule has 1 unspecified atom stereocenters. The van der Waals surface area contributed by atoms with Crippen molar-refractivity contribution >= 4 is 25.8 Å². The zero-order chi connectivity index (χ0) is 28.1. The van der Waals surface area contributed by atoms with Crippen molar-refractivity contribution < 1.29 is 31.5 Å². The highest BCUT2D eigenvalue weighted by Gasteiger charge is 2.33. The zero-order valence-corrected chi connectivity index (χ0v) is 24.0. The van der Waals surface area contributed by atoms with Crippen molar-refractivity contribution in [2.24, 2.45) is 11.8 Å². The molecule has 2 N–H and O–H groups in total. The summed E-state index contributed by atoms with van der Waals surface area (Å²) in [6, 6.07) is 13.1. The van der Waals surface area contributed by atoms with E-state index < -0.39 is 43.8 Å². The number of ether oxygens (including phenoxy) is 1. The van der Waals surface area contributed by atoms with Gasteiger partial charge in [0.1, 0.15) is 15.6 Å². The summed E-state index contributed by atoms with van der Waals surface area (Å²) < 4.78 is 57.6. The molecule has 1 aliphatic rings. The Morgan fingerprint density at radius 2 is 1.74 bits per heavy atom. The molecule has 1 aliphatic heterocycles. The smallest absolute Gasteiger partial charge is 0.243 e. The van der Waals surface area contributed by atoms with E-state index in [-0.39, 0.29) is 36.1 Å². The number of nitrogens with one attached hydrogen (secondary N) is 1. The Morgan fingerprint density at radius 1 is 1.05 bits per heavy atom. The number of carbonyl (C=O) groups is 1. The molecule has 0 aliphatic carbocycles. The molecule has 0 radical (unpaired) electrons. The fourth-order valence-corrected chi connectivity index (χ4v) is 7.22. The SMILES string of the molecule is CC(C)CN(C[C@@H](O)C(Cc1ccccc1)NC(=O)[C@H](C)CS(C)(=O)=O)S(=O)(=O)c1ccc2c(c1)CCO2. The molecule has 0 bridgehead atoms. The van der Waals surface area contributed by atoms with Gasteiger partial charge in [-0.3, -0.25) is 4.79 Å². The molecule has 38 heavy (non-hydrogen) atoms. The predicted molar refractivity (Wildman–Crippen MR) is 146 cm³/mol. The van der Waals surface area contributed by atoms with E-state index in [9.17, 15) is 26.7 Å². The van der Waals surface area contributed by atoms with Crippen molar-refractivity contribution in [1.82, 2.24) is 9.62 Å². The van der Waals surface area contributed by atoms with Gasteiger partial charge in [-0.2, -0.15) is 4.31 Å². The maximum Gasteiger partial charge on any atom is 0.243 e. The van der Waals surface area contributed by atoms with Gasteiger partial charge in [-0.25, -0.2) is 16.8 Å². The second kappa shape index (κ2) is 12.6. The van der Waals surface area contributed by atoms with Gasteiger partial charge in [-0.05, 0) is 41.7 Å². The van der Waals surface area contributed by atoms with Crippen LogP contribution in [0.25, 0.3) is 0 Å². The molecule has 210 valence electrons. The van der Waals surface area contributed by atoms with Crippen LogP contribution in [-0.4, -0.2) is 76.0 Å². The van der Waals surface area contributed by atoms with Crippen molar-refractivity contribution in [3.05, 3.63) is 59.7 Å². The van der Waals surface area contributed by atoms with Crippen molar-refractivity contribution in [3.8, 4) is 5.75 Å². The number of sulfonamides is 1. The van der Waals surface area contributed by atoms with Gasteiger partial charge in [0, 0.05) is 31.7 Å². The molecule has 0 saturated carbocycles. The fraction of sp³-hybridized carbons (Fsp3) is 0.519. The topological polar surface area (TPSA) is 130 Å². The number of sulfone groups is 1. The van der Waals surface area contributed by atoms with Crippen LogP contribution in [0.1, 0.15) is 31.9 Å². The van der Waals surface area contributed by atoms with E-state index in [4.69, 9.17) is 4.74 Å². The van der Waals surface area contributed by atoms with Crippen molar-refractivity contribution in [1.29, 1.82) is 0 Å². The third kappa shape index (κ3) is 8.26. The van der Waals surface area contributed by atoms with Gasteiger partial charge < -0.3 is 15.2 Å². The lowest BCUT2D eigenvalue weighted by molar-refractivity contribution is -0.125. The van der Waals surface area contributed by atoms with Crippen LogP contribution >= 0.6 is 0 Å². The number of carbonyl (C=O) groups excluding carboxylic acids is 1. The molecule has 2 aromatic rings. The number of rotatable bonds is 13. The van der Waals surface area contributed by atoms with Crippen molar-refractivity contribution in [3.63, 3.8) is 0 Å². The molecule has 3 atom stereocenters. The van der Waals surface area contributed by atoms with Gasteiger partial charge in [0.25, 0.3) is 0 Å². The maximum atomic E-state index is 13.7. The molecule has 0 fully saturated rings. The van der Waals surface area contributed by atoms with Crippen LogP contribution in [-0.2, 0) is 37.5 Å². The van der Waals surface area contributed by atoms with E-state index in [0.717, 1.165) is 17.4 Å². The van der Waals surface area contributed by atoms with Gasteiger partial charge in [-0.1, -0.05) is 51.1 Å². The maximum absolute atomic E-state index is 13.7. The minimum atomic E-state index is -3.96. The summed E-state index contributed by atoms with van der Waals surface area (Å²) in [5.74, 6) is -1.03. The van der Waals surface area contributed by atoms with Gasteiger partial charge >= 0.3 is 0 Å². The summed E-state index contributed by atoms with van der Waals surface area (Å²) in [7, 11) is -7.35. The molecule has 1 heterocycles. The highest BCUT2D eigenvalue weighted by atomic mass is 32.2. The second-order valence-corrected chi connectivity index (χ2v) is 14.6. The Bertz CT molecular complexity index is 1310. The van der Waals surface area contributed by atoms with Gasteiger partial charge in [-0.15, -0.1) is 0 Å². The Labute approximate surface area is 226 Å². The molecule has 2 aromatic carbocycles. The molecule has 0 aromatic heterocycles. The van der Waals surface area contributed by atoms with E-state index in [1.165, 1.54) is 17.3 Å². The van der Waals surface area contributed by atoms with Crippen LogP contribution in [0.2, 0.25) is 0 Å². The normalized spacial score (nSPS) is 16.1. The summed E-state index contributed by atoms with van der Waals surface area (Å²) in [5, 5.41) is 14.1. The van der Waals surface area contributed by atoms with E-state index >= 15 is 0 Å². The number of aliphatic hydroxyl groups is 1. The number of aliphatic hydroxyl groups excluding tert-OH is 1. The molecule has 3 rings (SSSR count). The van der Waals surface area contributed by atoms with Crippen molar-refractivity contribution in [2.45, 2.75) is 50.7 Å². The quantitative estimate of drug-likeness (QED) is 0.380. The number of amides is 1. The van der Waals surface area contributed by atoms with Crippen molar-refractivity contribution in [2.75, 3.05) is 31.7 Å². The molecule has 11 heteroatoms. The van der Waals surface area contributed by atoms with Crippen LogP contribution < -0.4 is 10.1 Å². The first-order chi connectivity index (χ1) is 17.8. The monoisotopic (exact) mass is 566 g/mol. The first kappa shape index (κ1) is 30.1. The van der Waals surface area contributed by atoms with Crippen LogP contribution in [0.5, 0.6) is 5.75 Å². The van der Waals surface area contributed by atoms with Gasteiger partial charge in [0.05, 0.1) is 29.4 Å². The van der Waals surface area contributed by atoms with Gasteiger partial charge in [0.2, 0.25) is 15.9 Å². The Hall–Kier alpha value is -2.47. The highest BCUT2D eigenvalue weighted by Crippen LogP contribution is 2.29. The standard InChI is InChI=1S/C27H38N2O7S2/c1-19(2)16-29(38(34,35)23-10-11-26-22(15-23)12-13-36-26)17-25(30)24(14-21-8-6-5-7-9-21)28-27(31)20(3)18-37(4,32)33/h5-11,15,19-20,24-25,30H,12-14,16-18H2,1-4H3,(H,28,31)/t20-,24?,25-/m1/s1. The van der Waals surface area contributed by atoms with E-state index in [1.54, 1.807) is 12.1 Å². The lowest BCUT2D eigenvalue weighted by Gasteiger charge is -2.31. The largest absolute Gasteiger partial charge is 0.493 e. The van der Waals surface area contributed by atoms with Crippen LogP contribution in [0.4, 0.5) is 0 Å². The number of hydrogen-bond acceptors (Lipinski definition) is 7. The summed E-state index contributed by atoms with van der Waals surface area (Å²) in [4.78, 5) is 13.0. The minimum absolute atomic E-state index is 0.0216. The fourth-order valence-electron chi connectivity index (χ4n) is 4.49. The van der Waals surface area contributed by atoms with E-state index in [0.29, 0.717) is 18.8 Å². The number of hydrogen-bond donors (Lipinski definition) is 2. The molecule has 0 spiro atoms. The average Bonchev–Trinajstić information content (AvgIpc) is 3.30. The van der Waals surface area contributed by atoms with E-state index in [1.807, 2.05) is 44.2 Å². The Balaban J connectivity index is 1.86. The van der Waals surface area contributed by atoms with Crippen LogP contribution in [0.3, 0.4) is 0 Å². The zero-order valence-electron chi connectivity index (χ0n) is 22.3. The molecule has 0 saturated heterocycles. The summed E-state index contributed by atoms with van der Waals surface area (Å²) in [6.07, 6.45) is 0.677. The Kier molecular flexibility index (Phi) is 9.96. The minimum Gasteiger partial charge on any atom is -0.493 e. The first-order valence-corrected chi connectivity index (χ1v) is 16.2. The molecular weight excluding hydrogens is 528 g/mol. The lowest BCUT2D eigenvalue weighted by atomic mass is 10.00. The van der Waals surface area contributed by atoms with E-state index in [2.05, 4.69) is 5.32 Å². The highest BCUT2D eigenvalue weighted by molar-refractivity contribution is 7.90. The number of fused-ring (bicyclic) bond motifs is 1. The molecule has 1 amide bonds. The van der Waals surface area contributed by atoms with Crippen LogP contribution in [0.15, 0.2) is 53.4 Å². The second-order valence-electron chi connectivity index (χ2n) is 10.4. The van der Waals surface area contributed by atoms with Crippen LogP contribution in [0, 0.1) is 11.8 Å². The summed E-state index contributed by atoms with van der Waals surface area (Å²) in [5.41, 5.74) is 1.66. The Morgan fingerprint density at radius 3 is 2.37 bits per heavy atom. The summed E-state index contributed by atoms with van der Waals surface area (Å²) >= 11 is 0. The average molecular weight is 567 g/mol. The molecule has 9 nitrogen and oxygen atoms in total. The molecular formula is C27H38N2O7S2. The predicted octanol–water partition coefficient (Wildman–Crippen LogP) is 2.04. The first-order valence-electron chi connectivity index (χ1n) is 12.7.